The van der Waals surface area contributed by atoms with E-state index < -0.39 is 10.4 Å². The van der Waals surface area contributed by atoms with E-state index in [1.165, 1.54) is 0 Å². The van der Waals surface area contributed by atoms with E-state index in [9.17, 15) is 0 Å². The molecule has 0 saturated heterocycles. The van der Waals surface area contributed by atoms with Crippen molar-refractivity contribution in [1.29, 1.82) is 0 Å². The van der Waals surface area contributed by atoms with Gasteiger partial charge in [-0.25, -0.2) is 0 Å². The maximum atomic E-state index is 8.52. The van der Waals surface area contributed by atoms with Crippen LogP contribution in [-0.4, -0.2) is 55.3 Å². The molecule has 0 aromatic heterocycles. The summed E-state index contributed by atoms with van der Waals surface area (Å²) >= 11 is 0. The van der Waals surface area contributed by atoms with Crippen molar-refractivity contribution in [2.24, 2.45) is 0 Å². The summed E-state index contributed by atoms with van der Waals surface area (Å²) in [6.07, 6.45) is 0. The van der Waals surface area contributed by atoms with Crippen LogP contribution in [0, 0.1) is 0 Å². The van der Waals surface area contributed by atoms with Crippen LogP contribution in [0.4, 0.5) is 0 Å². The van der Waals surface area contributed by atoms with Crippen LogP contribution in [0.1, 0.15) is 0 Å². The van der Waals surface area contributed by atoms with Crippen LogP contribution in [0.3, 0.4) is 0 Å². The van der Waals surface area contributed by atoms with Crippen molar-refractivity contribution in [3.05, 3.63) is 0 Å². The van der Waals surface area contributed by atoms with Crippen molar-refractivity contribution in [2.45, 2.75) is 0 Å². The van der Waals surface area contributed by atoms with Gasteiger partial charge in [-0.05, 0) is 0 Å². The topological polar surface area (TPSA) is 80.3 Å². The minimum atomic E-state index is -5.17. The average molecular weight is 234 g/mol. The van der Waals surface area contributed by atoms with E-state index in [2.05, 4.69) is 0 Å². The van der Waals surface area contributed by atoms with Gasteiger partial charge >= 0.3 is 57.2 Å². The number of hydrogen-bond donors (Lipinski definition) is 0. The molecule has 0 aromatic rings. The number of rotatable bonds is 0. The first kappa shape index (κ1) is 22.5. The molecule has 4 nitrogen and oxygen atoms in total. The molecule has 0 aliphatic carbocycles. The van der Waals surface area contributed by atoms with Crippen molar-refractivity contribution < 1.29 is 37.0 Å². The molecule has 0 aliphatic heterocycles. The van der Waals surface area contributed by atoms with Crippen LogP contribution >= 0.6 is 0 Å². The van der Waals surface area contributed by atoms with Crippen LogP contribution in [-0.2, 0) is 43.4 Å². The van der Waals surface area contributed by atoms with Gasteiger partial charge in [0.05, 0.1) is 0 Å². The summed E-state index contributed by atoms with van der Waals surface area (Å²) in [6.45, 7) is 0. The summed E-state index contributed by atoms with van der Waals surface area (Å²) in [7, 11) is -5.17. The fourth-order valence-electron chi connectivity index (χ4n) is 0. The molecule has 40 valence electrons. The molecule has 8 heteroatoms. The van der Waals surface area contributed by atoms with Gasteiger partial charge in [-0.3, -0.25) is 8.42 Å². The predicted molar refractivity (Wildman–Crippen MR) is 23.6 cm³/mol. The van der Waals surface area contributed by atoms with Crippen LogP contribution in [0.2, 0.25) is 0 Å². The number of hydrogen-bond acceptors (Lipinski definition) is 4. The molecule has 0 spiro atoms. The Bertz CT molecular complexity index is 97.2. The van der Waals surface area contributed by atoms with E-state index in [4.69, 9.17) is 17.5 Å². The molecule has 0 saturated carbocycles. The van der Waals surface area contributed by atoms with E-state index in [0.717, 1.165) is 0 Å². The third-order valence-corrected chi connectivity index (χ3v) is 0. The van der Waals surface area contributed by atoms with Gasteiger partial charge in [0, 0.05) is 10.4 Å². The maximum absolute atomic E-state index is 8.52. The zero-order chi connectivity index (χ0) is 4.50. The van der Waals surface area contributed by atoms with Crippen molar-refractivity contribution in [1.82, 2.24) is 0 Å². The van der Waals surface area contributed by atoms with Gasteiger partial charge in [0.1, 0.15) is 0 Å². The third kappa shape index (κ3) is 92.4. The van der Waals surface area contributed by atoms with Gasteiger partial charge in [-0.1, -0.05) is 0 Å². The van der Waals surface area contributed by atoms with Crippen molar-refractivity contribution in [2.75, 3.05) is 0 Å². The SMILES string of the molecule is O=S(=O)([O-])[O-].[Ca+2].[S-2].[Zn+2]. The fourth-order valence-corrected chi connectivity index (χ4v) is 0. The van der Waals surface area contributed by atoms with Gasteiger partial charge in [-0.2, -0.15) is 0 Å². The largest absolute Gasteiger partial charge is 2.00 e. The van der Waals surface area contributed by atoms with Gasteiger partial charge in [-0.15, -0.1) is 0 Å². The predicted octanol–water partition coefficient (Wildman–Crippen LogP) is -1.72. The Morgan fingerprint density at radius 2 is 1.12 bits per heavy atom. The zero-order valence-electron chi connectivity index (χ0n) is 3.86. The second-order valence-corrected chi connectivity index (χ2v) is 1.22. The Kier molecular flexibility index (Phi) is 25.6. The summed E-state index contributed by atoms with van der Waals surface area (Å²) in [6, 6.07) is 0. The molecule has 0 amide bonds. The normalized spacial score (nSPS) is 7.25. The first-order chi connectivity index (χ1) is 2.00. The van der Waals surface area contributed by atoms with Crippen LogP contribution in [0.25, 0.3) is 0 Å². The minimum Gasteiger partial charge on any atom is -2.00 e. The first-order valence-corrected chi connectivity index (χ1v) is 2.00. The van der Waals surface area contributed by atoms with Gasteiger partial charge in [0.25, 0.3) is 0 Å². The second kappa shape index (κ2) is 9.10. The summed E-state index contributed by atoms with van der Waals surface area (Å²) in [4.78, 5) is 0. The summed E-state index contributed by atoms with van der Waals surface area (Å²) in [5.41, 5.74) is 0. The molecular weight excluding hydrogens is 234 g/mol. The van der Waals surface area contributed by atoms with Crippen LogP contribution < -0.4 is 0 Å². The second-order valence-electron chi connectivity index (χ2n) is 0.408. The van der Waals surface area contributed by atoms with Crippen molar-refractivity contribution in [3.63, 3.8) is 0 Å². The molecule has 8 heavy (non-hydrogen) atoms. The van der Waals surface area contributed by atoms with Crippen LogP contribution in [0.15, 0.2) is 0 Å². The fraction of sp³-hybridized carbons (Fsp3) is 0. The Hall–Kier alpha value is 2.10. The molecular formula is CaO4S2Zn. The minimum absolute atomic E-state index is 0. The van der Waals surface area contributed by atoms with E-state index in [-0.39, 0.29) is 70.7 Å². The molecule has 0 bridgehead atoms. The van der Waals surface area contributed by atoms with E-state index in [1.54, 1.807) is 0 Å². The molecule has 0 rings (SSSR count). The molecule has 0 N–H and O–H groups in total. The Morgan fingerprint density at radius 1 is 1.12 bits per heavy atom. The van der Waals surface area contributed by atoms with E-state index in [1.807, 2.05) is 0 Å². The first-order valence-electron chi connectivity index (χ1n) is 0.667. The molecule has 0 aliphatic rings. The maximum Gasteiger partial charge on any atom is 2.00 e. The monoisotopic (exact) mass is 232 g/mol. The van der Waals surface area contributed by atoms with Crippen molar-refractivity contribution in [3.8, 4) is 0 Å². The van der Waals surface area contributed by atoms with Crippen LogP contribution in [0.5, 0.6) is 0 Å². The average Bonchev–Trinajstić information content (AvgIpc) is 0.722. The van der Waals surface area contributed by atoms with Gasteiger partial charge < -0.3 is 22.6 Å². The molecule has 0 heterocycles. The summed E-state index contributed by atoms with van der Waals surface area (Å²) in [5.74, 6) is 0. The van der Waals surface area contributed by atoms with E-state index >= 15 is 0 Å². The standard InChI is InChI=1S/Ca.H2O4S.S.Zn/c;1-5(2,3)4;;/h;(H2,1,2,3,4);;/q+2;;-2;+2/p-2. The quantitative estimate of drug-likeness (QED) is 0.283. The molecule has 0 radical (unpaired) electrons. The Labute approximate surface area is 97.2 Å². The smallest absolute Gasteiger partial charge is 2.00 e. The van der Waals surface area contributed by atoms with Gasteiger partial charge in [0.2, 0.25) is 0 Å². The summed E-state index contributed by atoms with van der Waals surface area (Å²) in [5, 5.41) is 0. The molecule has 0 atom stereocenters. The van der Waals surface area contributed by atoms with Crippen molar-refractivity contribution >= 4 is 61.6 Å². The van der Waals surface area contributed by atoms with E-state index in [0.29, 0.717) is 0 Å². The molecule has 0 aromatic carbocycles. The molecule has 0 fully saturated rings. The van der Waals surface area contributed by atoms with Gasteiger partial charge in [0.15, 0.2) is 0 Å². The summed E-state index contributed by atoms with van der Waals surface area (Å²) < 4.78 is 34.1. The molecule has 0 unspecified atom stereocenters. The third-order valence-electron chi connectivity index (χ3n) is 0. The zero-order valence-corrected chi connectivity index (χ0v) is 10.7. The Balaban J connectivity index is -0.0000000267. The Morgan fingerprint density at radius 3 is 1.12 bits per heavy atom.